The molecular weight excluding hydrogens is 458 g/mol. The fourth-order valence-electron chi connectivity index (χ4n) is 5.24. The van der Waals surface area contributed by atoms with E-state index in [2.05, 4.69) is 33.9 Å². The number of rotatable bonds is 4. The van der Waals surface area contributed by atoms with Crippen molar-refractivity contribution in [3.63, 3.8) is 0 Å². The molecule has 3 aromatic rings. The lowest BCUT2D eigenvalue weighted by Gasteiger charge is -2.57. The van der Waals surface area contributed by atoms with E-state index in [1.165, 1.54) is 0 Å². The Bertz CT molecular complexity index is 1300. The molecule has 6 nitrogen and oxygen atoms in total. The van der Waals surface area contributed by atoms with E-state index in [1.807, 2.05) is 30.3 Å². The van der Waals surface area contributed by atoms with Crippen LogP contribution in [-0.2, 0) is 10.0 Å². The van der Waals surface area contributed by atoms with Gasteiger partial charge in [0.2, 0.25) is 10.0 Å². The molecule has 1 N–H and O–H groups in total. The lowest BCUT2D eigenvalue weighted by Crippen LogP contribution is -2.67. The molecule has 35 heavy (non-hydrogen) atoms. The van der Waals surface area contributed by atoms with Crippen molar-refractivity contribution >= 4 is 10.0 Å². The van der Waals surface area contributed by atoms with Crippen molar-refractivity contribution in [2.45, 2.75) is 35.7 Å². The van der Waals surface area contributed by atoms with Gasteiger partial charge in [0, 0.05) is 54.6 Å². The predicted molar refractivity (Wildman–Crippen MR) is 135 cm³/mol. The zero-order chi connectivity index (χ0) is 24.3. The molecule has 2 aromatic carbocycles. The molecule has 180 valence electrons. The maximum absolute atomic E-state index is 13.4. The Kier molecular flexibility index (Phi) is 6.98. The molecule has 0 spiro atoms. The molecule has 2 aliphatic rings. The van der Waals surface area contributed by atoms with Gasteiger partial charge in [-0.15, -0.1) is 0 Å². The van der Waals surface area contributed by atoms with Crippen LogP contribution in [0.15, 0.2) is 84.0 Å². The molecule has 0 bridgehead atoms. The maximum Gasteiger partial charge on any atom is 0.243 e. The second-order valence-electron chi connectivity index (χ2n) is 9.08. The largest absolute Gasteiger partial charge is 0.395 e. The van der Waals surface area contributed by atoms with Crippen LogP contribution in [-0.4, -0.2) is 66.0 Å². The third-order valence-corrected chi connectivity index (χ3v) is 8.90. The molecule has 0 radical (unpaired) electrons. The van der Waals surface area contributed by atoms with E-state index in [0.717, 1.165) is 36.1 Å². The molecule has 2 aliphatic heterocycles. The smallest absolute Gasteiger partial charge is 0.243 e. The Balaban J connectivity index is 1.38. The van der Waals surface area contributed by atoms with Gasteiger partial charge < -0.3 is 5.11 Å². The Morgan fingerprint density at radius 1 is 0.914 bits per heavy atom. The van der Waals surface area contributed by atoms with Crippen LogP contribution in [0.2, 0.25) is 0 Å². The average Bonchev–Trinajstić information content (AvgIpc) is 2.88. The van der Waals surface area contributed by atoms with Crippen LogP contribution in [0.4, 0.5) is 0 Å². The van der Waals surface area contributed by atoms with Gasteiger partial charge in [0.05, 0.1) is 11.5 Å². The van der Waals surface area contributed by atoms with Gasteiger partial charge in [-0.05, 0) is 61.3 Å². The van der Waals surface area contributed by atoms with E-state index in [-0.39, 0.29) is 24.6 Å². The number of nitrogens with zero attached hydrogens (tertiary/aromatic N) is 3. The number of aliphatic hydroxyl groups is 1. The molecule has 5 rings (SSSR count). The van der Waals surface area contributed by atoms with Crippen molar-refractivity contribution in [2.75, 3.05) is 26.2 Å². The highest BCUT2D eigenvalue weighted by molar-refractivity contribution is 7.89. The number of fused-ring (bicyclic) bond motifs is 1. The highest BCUT2D eigenvalue weighted by Crippen LogP contribution is 2.42. The fraction of sp³-hybridized carbons (Fsp3) is 0.321. The summed E-state index contributed by atoms with van der Waals surface area (Å²) in [6, 6.07) is 20.6. The molecule has 0 saturated carbocycles. The number of pyridine rings is 1. The number of aromatic nitrogens is 1. The molecule has 3 heterocycles. The summed E-state index contributed by atoms with van der Waals surface area (Å²) in [7, 11) is -3.57. The van der Waals surface area contributed by atoms with Crippen LogP contribution in [0.1, 0.15) is 35.4 Å². The van der Waals surface area contributed by atoms with Crippen LogP contribution in [0.3, 0.4) is 0 Å². The molecule has 1 aromatic heterocycles. The van der Waals surface area contributed by atoms with E-state index >= 15 is 0 Å². The molecule has 2 saturated heterocycles. The summed E-state index contributed by atoms with van der Waals surface area (Å²) in [5.41, 5.74) is 2.87. The number of sulfonamides is 1. The molecule has 2 fully saturated rings. The van der Waals surface area contributed by atoms with Gasteiger partial charge in [0.25, 0.3) is 0 Å². The first-order chi connectivity index (χ1) is 17.1. The number of benzene rings is 2. The van der Waals surface area contributed by atoms with Crippen LogP contribution in [0, 0.1) is 11.8 Å². The van der Waals surface area contributed by atoms with Gasteiger partial charge >= 0.3 is 0 Å². The third kappa shape index (κ3) is 4.89. The SMILES string of the molecule is O=S(=O)(c1ccccc1)N1CCCCN2[C@H](CO)[C@H](c3ccc(C#Cc4cccnc4)cc3)[C@@H]2C1. The maximum atomic E-state index is 13.4. The predicted octanol–water partition coefficient (Wildman–Crippen LogP) is 3.09. The zero-order valence-electron chi connectivity index (χ0n) is 19.5. The van der Waals surface area contributed by atoms with Crippen molar-refractivity contribution in [1.82, 2.24) is 14.2 Å². The minimum atomic E-state index is -3.57. The number of aliphatic hydroxyl groups excluding tert-OH is 1. The number of hydrogen-bond donors (Lipinski definition) is 1. The Morgan fingerprint density at radius 3 is 2.37 bits per heavy atom. The first-order valence-electron chi connectivity index (χ1n) is 12.0. The van der Waals surface area contributed by atoms with Crippen LogP contribution < -0.4 is 0 Å². The Labute approximate surface area is 207 Å². The van der Waals surface area contributed by atoms with Crippen LogP contribution in [0.25, 0.3) is 0 Å². The fourth-order valence-corrected chi connectivity index (χ4v) is 6.76. The van der Waals surface area contributed by atoms with Crippen molar-refractivity contribution in [3.05, 3.63) is 95.8 Å². The highest BCUT2D eigenvalue weighted by Gasteiger charge is 2.50. The Hall–Kier alpha value is -3.02. The van der Waals surface area contributed by atoms with E-state index in [0.29, 0.717) is 18.0 Å². The quantitative estimate of drug-likeness (QED) is 0.573. The van der Waals surface area contributed by atoms with Gasteiger partial charge in [-0.1, -0.05) is 42.2 Å². The summed E-state index contributed by atoms with van der Waals surface area (Å²) in [6.45, 7) is 1.86. The highest BCUT2D eigenvalue weighted by atomic mass is 32.2. The van der Waals surface area contributed by atoms with E-state index in [4.69, 9.17) is 0 Å². The van der Waals surface area contributed by atoms with E-state index in [9.17, 15) is 13.5 Å². The van der Waals surface area contributed by atoms with Gasteiger partial charge in [0.15, 0.2) is 0 Å². The standard InChI is InChI=1S/C28H29N3O3S/c32-21-27-28(24-14-12-22(13-15-24)10-11-23-7-6-16-29-19-23)26-20-30(17-4-5-18-31(26)27)35(33,34)25-8-2-1-3-9-25/h1-3,6-9,12-16,19,26-28,32H,4-5,17-18,20-21H2/t26-,27+,28+/m0/s1. The summed E-state index contributed by atoms with van der Waals surface area (Å²) in [4.78, 5) is 6.71. The first-order valence-corrected chi connectivity index (χ1v) is 13.5. The topological polar surface area (TPSA) is 73.7 Å². The van der Waals surface area contributed by atoms with Gasteiger partial charge in [0.1, 0.15) is 0 Å². The van der Waals surface area contributed by atoms with Crippen molar-refractivity contribution in [2.24, 2.45) is 0 Å². The second-order valence-corrected chi connectivity index (χ2v) is 11.0. The summed E-state index contributed by atoms with van der Waals surface area (Å²) in [6.07, 6.45) is 5.17. The van der Waals surface area contributed by atoms with Gasteiger partial charge in [-0.25, -0.2) is 8.42 Å². The second kappa shape index (κ2) is 10.3. The monoisotopic (exact) mass is 487 g/mol. The molecular formula is C28H29N3O3S. The summed E-state index contributed by atoms with van der Waals surface area (Å²) in [5, 5.41) is 10.2. The van der Waals surface area contributed by atoms with Gasteiger partial charge in [-0.2, -0.15) is 4.31 Å². The van der Waals surface area contributed by atoms with Crippen LogP contribution in [0.5, 0.6) is 0 Å². The zero-order valence-corrected chi connectivity index (χ0v) is 20.3. The van der Waals surface area contributed by atoms with Crippen molar-refractivity contribution in [1.29, 1.82) is 0 Å². The lowest BCUT2D eigenvalue weighted by atomic mass is 9.74. The van der Waals surface area contributed by atoms with Crippen molar-refractivity contribution < 1.29 is 13.5 Å². The van der Waals surface area contributed by atoms with Gasteiger partial charge in [-0.3, -0.25) is 9.88 Å². The minimum Gasteiger partial charge on any atom is -0.395 e. The summed E-state index contributed by atoms with van der Waals surface area (Å²) < 4.78 is 28.4. The summed E-state index contributed by atoms with van der Waals surface area (Å²) >= 11 is 0. The van der Waals surface area contributed by atoms with Crippen molar-refractivity contribution in [3.8, 4) is 11.8 Å². The molecule has 0 aliphatic carbocycles. The minimum absolute atomic E-state index is 0.00768. The number of hydrogen-bond acceptors (Lipinski definition) is 5. The lowest BCUT2D eigenvalue weighted by molar-refractivity contribution is -0.0553. The Morgan fingerprint density at radius 2 is 1.66 bits per heavy atom. The summed E-state index contributed by atoms with van der Waals surface area (Å²) in [5.74, 6) is 6.35. The first kappa shape index (κ1) is 23.7. The molecule has 0 unspecified atom stereocenters. The van der Waals surface area contributed by atoms with Crippen LogP contribution >= 0.6 is 0 Å². The van der Waals surface area contributed by atoms with E-state index in [1.54, 1.807) is 41.0 Å². The average molecular weight is 488 g/mol. The van der Waals surface area contributed by atoms with E-state index < -0.39 is 10.0 Å². The molecule has 3 atom stereocenters. The normalized spacial score (nSPS) is 23.2. The molecule has 7 heteroatoms. The molecule has 0 amide bonds. The third-order valence-electron chi connectivity index (χ3n) is 7.02.